The summed E-state index contributed by atoms with van der Waals surface area (Å²) in [5.74, 6) is -0.625. The maximum atomic E-state index is 6.47. The second-order valence-electron chi connectivity index (χ2n) is 2.76. The van der Waals surface area contributed by atoms with Crippen molar-refractivity contribution in [3.05, 3.63) is 0 Å². The summed E-state index contributed by atoms with van der Waals surface area (Å²) < 4.78 is 0. The van der Waals surface area contributed by atoms with Crippen molar-refractivity contribution in [2.45, 2.75) is 19.3 Å². The highest BCUT2D eigenvalue weighted by Crippen LogP contribution is 1.96. The highest BCUT2D eigenvalue weighted by molar-refractivity contribution is 5.93. The molecule has 6 nitrogen and oxygen atoms in total. The summed E-state index contributed by atoms with van der Waals surface area (Å²) in [5.41, 5.74) is 9.49. The molecule has 1 aliphatic rings. The van der Waals surface area contributed by atoms with Crippen LogP contribution in [0.25, 0.3) is 0 Å². The SMILES string of the molecule is C1CCNCC1.N=C(N)NC(=N)N. The van der Waals surface area contributed by atoms with Crippen molar-refractivity contribution in [1.82, 2.24) is 10.6 Å². The van der Waals surface area contributed by atoms with Crippen molar-refractivity contribution < 1.29 is 0 Å². The molecule has 0 radical (unpaired) electrons. The molecule has 1 heterocycles. The Kier molecular flexibility index (Phi) is 6.62. The van der Waals surface area contributed by atoms with Gasteiger partial charge in [-0.05, 0) is 25.9 Å². The fourth-order valence-corrected chi connectivity index (χ4v) is 0.947. The Morgan fingerprint density at radius 2 is 1.46 bits per heavy atom. The van der Waals surface area contributed by atoms with Gasteiger partial charge in [-0.2, -0.15) is 0 Å². The van der Waals surface area contributed by atoms with Crippen molar-refractivity contribution >= 4 is 11.9 Å². The first-order valence-corrected chi connectivity index (χ1v) is 4.28. The molecule has 1 rings (SSSR count). The van der Waals surface area contributed by atoms with Crippen molar-refractivity contribution in [2.24, 2.45) is 11.5 Å². The summed E-state index contributed by atoms with van der Waals surface area (Å²) in [6.07, 6.45) is 4.22. The average molecular weight is 186 g/mol. The lowest BCUT2D eigenvalue weighted by Crippen LogP contribution is -2.39. The van der Waals surface area contributed by atoms with E-state index in [0.29, 0.717) is 0 Å². The van der Waals surface area contributed by atoms with Crippen LogP contribution in [-0.4, -0.2) is 25.0 Å². The molecule has 0 bridgehead atoms. The van der Waals surface area contributed by atoms with E-state index in [9.17, 15) is 0 Å². The van der Waals surface area contributed by atoms with Gasteiger partial charge in [0, 0.05) is 0 Å². The van der Waals surface area contributed by atoms with Gasteiger partial charge >= 0.3 is 0 Å². The van der Waals surface area contributed by atoms with Crippen LogP contribution in [0, 0.1) is 10.8 Å². The van der Waals surface area contributed by atoms with Crippen molar-refractivity contribution in [2.75, 3.05) is 13.1 Å². The highest BCUT2D eigenvalue weighted by Gasteiger charge is 1.93. The lowest BCUT2D eigenvalue weighted by molar-refractivity contribution is 0.520. The van der Waals surface area contributed by atoms with E-state index in [2.05, 4.69) is 5.32 Å². The zero-order valence-electron chi connectivity index (χ0n) is 7.69. The fourth-order valence-electron chi connectivity index (χ4n) is 0.947. The largest absolute Gasteiger partial charge is 0.370 e. The van der Waals surface area contributed by atoms with E-state index >= 15 is 0 Å². The first kappa shape index (κ1) is 11.7. The second kappa shape index (κ2) is 7.35. The molecular formula is C7H18N6. The van der Waals surface area contributed by atoms with Gasteiger partial charge in [0.05, 0.1) is 0 Å². The molecule has 6 heteroatoms. The molecule has 0 aromatic heterocycles. The minimum absolute atomic E-state index is 0.312. The number of rotatable bonds is 0. The fraction of sp³-hybridized carbons (Fsp3) is 0.714. The standard InChI is InChI=1S/C5H11N.C2H7N5/c1-2-4-6-5-3-1;3-1(4)7-2(5)6/h6H,1-5H2;(H7,3,4,5,6,7). The summed E-state index contributed by atoms with van der Waals surface area (Å²) in [4.78, 5) is 0. The number of nitrogens with two attached hydrogens (primary N) is 2. The van der Waals surface area contributed by atoms with Gasteiger partial charge in [-0.15, -0.1) is 0 Å². The summed E-state index contributed by atoms with van der Waals surface area (Å²) in [5, 5.41) is 18.3. The minimum atomic E-state index is -0.312. The van der Waals surface area contributed by atoms with E-state index < -0.39 is 0 Å². The Bertz CT molecular complexity index is 139. The molecule has 0 amide bonds. The summed E-state index contributed by atoms with van der Waals surface area (Å²) in [6.45, 7) is 2.50. The van der Waals surface area contributed by atoms with Crippen molar-refractivity contribution in [3.8, 4) is 0 Å². The third-order valence-corrected chi connectivity index (χ3v) is 1.48. The quantitative estimate of drug-likeness (QED) is 0.217. The monoisotopic (exact) mass is 186 g/mol. The first-order chi connectivity index (χ1) is 6.13. The average Bonchev–Trinajstić information content (AvgIpc) is 2.06. The van der Waals surface area contributed by atoms with Crippen LogP contribution in [0.2, 0.25) is 0 Å². The molecule has 8 N–H and O–H groups in total. The Morgan fingerprint density at radius 1 is 1.00 bits per heavy atom. The topological polar surface area (TPSA) is 124 Å². The molecule has 1 saturated heterocycles. The van der Waals surface area contributed by atoms with E-state index in [0.717, 1.165) is 0 Å². The lowest BCUT2D eigenvalue weighted by Gasteiger charge is -2.08. The van der Waals surface area contributed by atoms with Crippen LogP contribution in [0.15, 0.2) is 0 Å². The Hall–Kier alpha value is -1.30. The van der Waals surface area contributed by atoms with Crippen LogP contribution in [0.5, 0.6) is 0 Å². The molecule has 0 unspecified atom stereocenters. The molecule has 76 valence electrons. The molecule has 13 heavy (non-hydrogen) atoms. The van der Waals surface area contributed by atoms with Crippen LogP contribution < -0.4 is 22.1 Å². The number of nitrogens with one attached hydrogen (secondary N) is 4. The zero-order valence-corrected chi connectivity index (χ0v) is 7.69. The van der Waals surface area contributed by atoms with E-state index in [1.54, 1.807) is 0 Å². The predicted octanol–water partition coefficient (Wildman–Crippen LogP) is -0.877. The van der Waals surface area contributed by atoms with Gasteiger partial charge in [0.1, 0.15) is 0 Å². The number of hydrogen-bond donors (Lipinski definition) is 6. The van der Waals surface area contributed by atoms with Gasteiger partial charge in [-0.3, -0.25) is 16.1 Å². The van der Waals surface area contributed by atoms with Crippen LogP contribution in [0.4, 0.5) is 0 Å². The number of guanidine groups is 2. The predicted molar refractivity (Wildman–Crippen MR) is 53.7 cm³/mol. The molecule has 1 fully saturated rings. The first-order valence-electron chi connectivity index (χ1n) is 4.28. The molecule has 0 aromatic carbocycles. The van der Waals surface area contributed by atoms with Crippen LogP contribution in [0.3, 0.4) is 0 Å². The van der Waals surface area contributed by atoms with Gasteiger partial charge in [0.2, 0.25) is 0 Å². The molecule has 0 aromatic rings. The molecule has 1 aliphatic heterocycles. The molecular weight excluding hydrogens is 168 g/mol. The Balaban J connectivity index is 0.000000223. The maximum absolute atomic E-state index is 6.47. The molecule has 0 aliphatic carbocycles. The van der Waals surface area contributed by atoms with Crippen molar-refractivity contribution in [1.29, 1.82) is 10.8 Å². The highest BCUT2D eigenvalue weighted by atomic mass is 15.1. The van der Waals surface area contributed by atoms with E-state index in [1.165, 1.54) is 32.4 Å². The van der Waals surface area contributed by atoms with Crippen molar-refractivity contribution in [3.63, 3.8) is 0 Å². The summed E-state index contributed by atoms with van der Waals surface area (Å²) in [6, 6.07) is 0. The maximum Gasteiger partial charge on any atom is 0.192 e. The van der Waals surface area contributed by atoms with Gasteiger partial charge in [-0.25, -0.2) is 0 Å². The van der Waals surface area contributed by atoms with E-state index in [4.69, 9.17) is 22.3 Å². The van der Waals surface area contributed by atoms with Crippen LogP contribution in [0.1, 0.15) is 19.3 Å². The van der Waals surface area contributed by atoms with Gasteiger partial charge < -0.3 is 16.8 Å². The van der Waals surface area contributed by atoms with Gasteiger partial charge in [-0.1, -0.05) is 6.42 Å². The summed E-state index contributed by atoms with van der Waals surface area (Å²) in [7, 11) is 0. The third-order valence-electron chi connectivity index (χ3n) is 1.48. The van der Waals surface area contributed by atoms with Gasteiger partial charge in [0.25, 0.3) is 0 Å². The zero-order chi connectivity index (χ0) is 10.1. The third kappa shape index (κ3) is 10.7. The second-order valence-corrected chi connectivity index (χ2v) is 2.76. The normalized spacial score (nSPS) is 15.1. The Labute approximate surface area is 78.1 Å². The molecule has 0 saturated carbocycles. The summed E-state index contributed by atoms with van der Waals surface area (Å²) >= 11 is 0. The minimum Gasteiger partial charge on any atom is -0.370 e. The molecule has 0 atom stereocenters. The van der Waals surface area contributed by atoms with Crippen LogP contribution >= 0.6 is 0 Å². The van der Waals surface area contributed by atoms with E-state index in [-0.39, 0.29) is 11.9 Å². The number of piperidine rings is 1. The smallest absolute Gasteiger partial charge is 0.192 e. The van der Waals surface area contributed by atoms with Gasteiger partial charge in [0.15, 0.2) is 11.9 Å². The van der Waals surface area contributed by atoms with E-state index in [1.807, 2.05) is 5.32 Å². The Morgan fingerprint density at radius 3 is 1.54 bits per heavy atom. The lowest BCUT2D eigenvalue weighted by atomic mass is 10.2. The van der Waals surface area contributed by atoms with Crippen LogP contribution in [-0.2, 0) is 0 Å². The molecule has 0 spiro atoms. The number of hydrogen-bond acceptors (Lipinski definition) is 3.